The van der Waals surface area contributed by atoms with E-state index in [4.69, 9.17) is 0 Å². The topological polar surface area (TPSA) is 40.5 Å². The zero-order valence-electron chi connectivity index (χ0n) is 6.72. The minimum Gasteiger partial charge on any atom is -0.507 e. The van der Waals surface area contributed by atoms with Crippen LogP contribution in [0.1, 0.15) is 18.4 Å². The highest BCUT2D eigenvalue weighted by Gasteiger charge is 2.44. The average molecular weight is 247 g/mol. The Morgan fingerprint density at radius 3 is 2.54 bits per heavy atom. The summed E-state index contributed by atoms with van der Waals surface area (Å²) in [4.78, 5) is 0. The SMILES string of the molecule is Oc1cc(F)c(Br)cc1C1(O)CC1. The summed E-state index contributed by atoms with van der Waals surface area (Å²) >= 11 is 3.00. The van der Waals surface area contributed by atoms with Crippen molar-refractivity contribution in [2.24, 2.45) is 0 Å². The van der Waals surface area contributed by atoms with E-state index in [1.54, 1.807) is 0 Å². The van der Waals surface area contributed by atoms with Gasteiger partial charge in [-0.1, -0.05) is 0 Å². The molecule has 70 valence electrons. The number of phenols is 1. The first-order chi connectivity index (χ1) is 6.03. The molecule has 4 heteroatoms. The van der Waals surface area contributed by atoms with Crippen molar-refractivity contribution in [1.29, 1.82) is 0 Å². The summed E-state index contributed by atoms with van der Waals surface area (Å²) in [5.74, 6) is -0.703. The minimum absolute atomic E-state index is 0.180. The molecule has 0 bridgehead atoms. The first kappa shape index (κ1) is 8.97. The lowest BCUT2D eigenvalue weighted by Gasteiger charge is -2.10. The van der Waals surface area contributed by atoms with E-state index >= 15 is 0 Å². The van der Waals surface area contributed by atoms with Gasteiger partial charge in [-0.3, -0.25) is 0 Å². The van der Waals surface area contributed by atoms with Gasteiger partial charge in [0.2, 0.25) is 0 Å². The van der Waals surface area contributed by atoms with Crippen LogP contribution in [-0.4, -0.2) is 10.2 Å². The molecule has 1 aliphatic carbocycles. The molecule has 0 saturated heterocycles. The Bertz CT molecular complexity index is 361. The van der Waals surface area contributed by atoms with Gasteiger partial charge in [0.05, 0.1) is 10.1 Å². The average Bonchev–Trinajstić information content (AvgIpc) is 2.77. The van der Waals surface area contributed by atoms with E-state index in [1.807, 2.05) is 0 Å². The second-order valence-electron chi connectivity index (χ2n) is 3.32. The van der Waals surface area contributed by atoms with Crippen molar-refractivity contribution < 1.29 is 14.6 Å². The largest absolute Gasteiger partial charge is 0.507 e. The number of hydrogen-bond donors (Lipinski definition) is 2. The highest BCUT2D eigenvalue weighted by molar-refractivity contribution is 9.10. The lowest BCUT2D eigenvalue weighted by molar-refractivity contribution is 0.147. The minimum atomic E-state index is -0.930. The van der Waals surface area contributed by atoms with Crippen LogP contribution in [0, 0.1) is 5.82 Å². The Morgan fingerprint density at radius 2 is 2.00 bits per heavy atom. The van der Waals surface area contributed by atoms with E-state index in [0.29, 0.717) is 18.4 Å². The molecule has 0 amide bonds. The van der Waals surface area contributed by atoms with Crippen LogP contribution in [0.3, 0.4) is 0 Å². The molecule has 1 fully saturated rings. The van der Waals surface area contributed by atoms with Crippen molar-refractivity contribution in [2.75, 3.05) is 0 Å². The van der Waals surface area contributed by atoms with E-state index in [0.717, 1.165) is 6.07 Å². The second kappa shape index (κ2) is 2.69. The normalized spacial score (nSPS) is 18.7. The summed E-state index contributed by atoms with van der Waals surface area (Å²) in [6.45, 7) is 0. The van der Waals surface area contributed by atoms with Crippen LogP contribution in [0.2, 0.25) is 0 Å². The van der Waals surface area contributed by atoms with Gasteiger partial charge in [-0.25, -0.2) is 4.39 Å². The van der Waals surface area contributed by atoms with Gasteiger partial charge in [0.25, 0.3) is 0 Å². The van der Waals surface area contributed by atoms with E-state index in [-0.39, 0.29) is 10.2 Å². The number of aromatic hydroxyl groups is 1. The van der Waals surface area contributed by atoms with Crippen LogP contribution >= 0.6 is 15.9 Å². The van der Waals surface area contributed by atoms with E-state index in [1.165, 1.54) is 6.07 Å². The number of halogens is 2. The molecule has 0 spiro atoms. The Labute approximate surface area is 83.1 Å². The smallest absolute Gasteiger partial charge is 0.141 e. The Hall–Kier alpha value is -0.610. The van der Waals surface area contributed by atoms with Gasteiger partial charge in [-0.2, -0.15) is 0 Å². The molecule has 2 rings (SSSR count). The summed E-state index contributed by atoms with van der Waals surface area (Å²) in [6.07, 6.45) is 1.25. The van der Waals surface area contributed by atoms with Gasteiger partial charge >= 0.3 is 0 Å². The number of phenolic OH excluding ortho intramolecular Hbond substituents is 1. The van der Waals surface area contributed by atoms with Gasteiger partial charge in [-0.05, 0) is 34.8 Å². The van der Waals surface area contributed by atoms with Crippen molar-refractivity contribution in [3.63, 3.8) is 0 Å². The molecule has 0 atom stereocenters. The molecule has 1 saturated carbocycles. The number of hydrogen-bond acceptors (Lipinski definition) is 2. The van der Waals surface area contributed by atoms with Crippen molar-refractivity contribution in [2.45, 2.75) is 18.4 Å². The van der Waals surface area contributed by atoms with Gasteiger partial charge in [0.1, 0.15) is 11.6 Å². The van der Waals surface area contributed by atoms with Crippen molar-refractivity contribution >= 4 is 15.9 Å². The molecule has 0 aliphatic heterocycles. The number of rotatable bonds is 1. The van der Waals surface area contributed by atoms with Crippen molar-refractivity contribution in [3.8, 4) is 5.75 Å². The third-order valence-electron chi connectivity index (χ3n) is 2.26. The Balaban J connectivity index is 2.52. The summed E-state index contributed by atoms with van der Waals surface area (Å²) in [5, 5.41) is 19.1. The van der Waals surface area contributed by atoms with Gasteiger partial charge in [-0.15, -0.1) is 0 Å². The molecule has 1 aliphatic rings. The van der Waals surface area contributed by atoms with Crippen molar-refractivity contribution in [1.82, 2.24) is 0 Å². The molecule has 2 N–H and O–H groups in total. The number of benzene rings is 1. The van der Waals surface area contributed by atoms with Crippen LogP contribution in [-0.2, 0) is 5.60 Å². The fourth-order valence-electron chi connectivity index (χ4n) is 1.30. The van der Waals surface area contributed by atoms with Crippen molar-refractivity contribution in [3.05, 3.63) is 28.0 Å². The Kier molecular flexibility index (Phi) is 1.85. The molecule has 0 heterocycles. The molecular weight excluding hydrogens is 239 g/mol. The molecule has 0 radical (unpaired) electrons. The standard InChI is InChI=1S/C9H8BrFO2/c10-6-3-5(9(13)1-2-9)8(12)4-7(6)11/h3-4,12-13H,1-2H2. The van der Waals surface area contributed by atoms with Crippen LogP contribution in [0.5, 0.6) is 5.75 Å². The van der Waals surface area contributed by atoms with Crippen LogP contribution < -0.4 is 0 Å². The maximum absolute atomic E-state index is 12.9. The molecule has 2 nitrogen and oxygen atoms in total. The molecule has 1 aromatic rings. The molecule has 0 aromatic heterocycles. The van der Waals surface area contributed by atoms with Gasteiger partial charge < -0.3 is 10.2 Å². The fourth-order valence-corrected chi connectivity index (χ4v) is 1.64. The zero-order chi connectivity index (χ0) is 9.64. The predicted molar refractivity (Wildman–Crippen MR) is 48.9 cm³/mol. The van der Waals surface area contributed by atoms with E-state index in [2.05, 4.69) is 15.9 Å². The maximum atomic E-state index is 12.9. The first-order valence-electron chi connectivity index (χ1n) is 3.94. The third kappa shape index (κ3) is 1.44. The predicted octanol–water partition coefficient (Wildman–Crippen LogP) is 2.28. The van der Waals surface area contributed by atoms with Crippen LogP contribution in [0.4, 0.5) is 4.39 Å². The highest BCUT2D eigenvalue weighted by atomic mass is 79.9. The lowest BCUT2D eigenvalue weighted by Crippen LogP contribution is -2.04. The molecule has 0 unspecified atom stereocenters. The summed E-state index contributed by atoms with van der Waals surface area (Å²) < 4.78 is 13.1. The second-order valence-corrected chi connectivity index (χ2v) is 4.17. The lowest BCUT2D eigenvalue weighted by atomic mass is 10.1. The molecule has 13 heavy (non-hydrogen) atoms. The maximum Gasteiger partial charge on any atom is 0.141 e. The van der Waals surface area contributed by atoms with E-state index < -0.39 is 11.4 Å². The highest BCUT2D eigenvalue weighted by Crippen LogP contribution is 2.49. The quantitative estimate of drug-likeness (QED) is 0.799. The number of aliphatic hydroxyl groups is 1. The van der Waals surface area contributed by atoms with Crippen LogP contribution in [0.25, 0.3) is 0 Å². The zero-order valence-corrected chi connectivity index (χ0v) is 8.31. The summed E-state index contributed by atoms with van der Waals surface area (Å²) in [7, 11) is 0. The van der Waals surface area contributed by atoms with Crippen LogP contribution in [0.15, 0.2) is 16.6 Å². The molecule has 1 aromatic carbocycles. The van der Waals surface area contributed by atoms with Gasteiger partial charge in [0.15, 0.2) is 0 Å². The third-order valence-corrected chi connectivity index (χ3v) is 2.87. The van der Waals surface area contributed by atoms with E-state index in [9.17, 15) is 14.6 Å². The fraction of sp³-hybridized carbons (Fsp3) is 0.333. The van der Waals surface area contributed by atoms with Gasteiger partial charge in [0, 0.05) is 11.6 Å². The first-order valence-corrected chi connectivity index (χ1v) is 4.73. The molecular formula is C9H8BrFO2. The summed E-state index contributed by atoms with van der Waals surface area (Å²) in [5.41, 5.74) is -0.527. The monoisotopic (exact) mass is 246 g/mol. The Morgan fingerprint density at radius 1 is 1.38 bits per heavy atom. The summed E-state index contributed by atoms with van der Waals surface area (Å²) in [6, 6.07) is 2.44.